The number of rotatable bonds is 9. The summed E-state index contributed by atoms with van der Waals surface area (Å²) in [6.07, 6.45) is 2.55. The van der Waals surface area contributed by atoms with Crippen molar-refractivity contribution in [3.8, 4) is 11.5 Å². The second-order valence-electron chi connectivity index (χ2n) is 7.50. The van der Waals surface area contributed by atoms with Gasteiger partial charge in [0.25, 0.3) is 0 Å². The summed E-state index contributed by atoms with van der Waals surface area (Å²) in [5, 5.41) is 2.04. The highest BCUT2D eigenvalue weighted by atomic mass is 32.2. The highest BCUT2D eigenvalue weighted by Gasteiger charge is 2.19. The first-order valence-corrected chi connectivity index (χ1v) is 12.3. The quantitative estimate of drug-likeness (QED) is 0.390. The second kappa shape index (κ2) is 10.0. The molecule has 5 heteroatoms. The molecule has 0 radical (unpaired) electrons. The van der Waals surface area contributed by atoms with E-state index in [0.29, 0.717) is 24.5 Å². The van der Waals surface area contributed by atoms with Crippen LogP contribution in [0.25, 0.3) is 10.8 Å². The van der Waals surface area contributed by atoms with Crippen LogP contribution in [0.3, 0.4) is 0 Å². The Labute approximate surface area is 185 Å². The monoisotopic (exact) mass is 438 g/mol. The van der Waals surface area contributed by atoms with Gasteiger partial charge in [0.1, 0.15) is 11.5 Å². The standard InChI is InChI=1S/C26H30O4S/c1-5-29-25-20(4)22(26(30-6-2)24-15-11-10-14-23(24)25)17-16-19(3)18-31(27,28)21-12-8-7-9-13-21/h7-16H,5-6,17-18H2,1-4H3. The van der Waals surface area contributed by atoms with E-state index in [0.717, 1.165) is 39.0 Å². The smallest absolute Gasteiger partial charge is 0.182 e. The largest absolute Gasteiger partial charge is 0.493 e. The summed E-state index contributed by atoms with van der Waals surface area (Å²) in [5.41, 5.74) is 2.86. The van der Waals surface area contributed by atoms with Crippen molar-refractivity contribution < 1.29 is 17.9 Å². The average Bonchev–Trinajstić information content (AvgIpc) is 2.76. The Morgan fingerprint density at radius 1 is 0.871 bits per heavy atom. The van der Waals surface area contributed by atoms with Crippen molar-refractivity contribution in [2.24, 2.45) is 0 Å². The predicted molar refractivity (Wildman–Crippen MR) is 127 cm³/mol. The van der Waals surface area contributed by atoms with E-state index in [1.807, 2.05) is 64.1 Å². The molecule has 0 aliphatic heterocycles. The van der Waals surface area contributed by atoms with Crippen molar-refractivity contribution in [1.29, 1.82) is 0 Å². The van der Waals surface area contributed by atoms with E-state index in [-0.39, 0.29) is 5.75 Å². The van der Waals surface area contributed by atoms with Gasteiger partial charge in [-0.25, -0.2) is 8.42 Å². The van der Waals surface area contributed by atoms with Crippen LogP contribution in [0.5, 0.6) is 11.5 Å². The maximum atomic E-state index is 12.7. The summed E-state index contributed by atoms with van der Waals surface area (Å²) < 4.78 is 37.5. The van der Waals surface area contributed by atoms with E-state index in [9.17, 15) is 8.42 Å². The molecular formula is C26H30O4S. The van der Waals surface area contributed by atoms with E-state index >= 15 is 0 Å². The summed E-state index contributed by atoms with van der Waals surface area (Å²) in [5.74, 6) is 1.69. The first-order valence-electron chi connectivity index (χ1n) is 10.6. The lowest BCUT2D eigenvalue weighted by atomic mass is 9.96. The van der Waals surface area contributed by atoms with Gasteiger partial charge in [0.15, 0.2) is 9.84 Å². The zero-order valence-electron chi connectivity index (χ0n) is 18.6. The summed E-state index contributed by atoms with van der Waals surface area (Å²) >= 11 is 0. The topological polar surface area (TPSA) is 52.6 Å². The molecule has 0 spiro atoms. The van der Waals surface area contributed by atoms with Crippen molar-refractivity contribution >= 4 is 20.6 Å². The number of benzene rings is 3. The molecule has 4 nitrogen and oxygen atoms in total. The molecule has 0 aliphatic carbocycles. The van der Waals surface area contributed by atoms with Crippen LogP contribution >= 0.6 is 0 Å². The van der Waals surface area contributed by atoms with Gasteiger partial charge in [-0.1, -0.05) is 54.1 Å². The van der Waals surface area contributed by atoms with Gasteiger partial charge in [-0.05, 0) is 51.8 Å². The minimum Gasteiger partial charge on any atom is -0.493 e. The summed E-state index contributed by atoms with van der Waals surface area (Å²) in [6, 6.07) is 16.7. The van der Waals surface area contributed by atoms with Crippen LogP contribution in [0, 0.1) is 6.92 Å². The highest BCUT2D eigenvalue weighted by molar-refractivity contribution is 7.91. The van der Waals surface area contributed by atoms with Crippen LogP contribution in [-0.2, 0) is 16.3 Å². The molecule has 3 rings (SSSR count). The molecule has 31 heavy (non-hydrogen) atoms. The molecule has 0 heterocycles. The predicted octanol–water partition coefficient (Wildman–Crippen LogP) is 5.91. The molecule has 3 aromatic carbocycles. The van der Waals surface area contributed by atoms with Crippen LogP contribution in [0.1, 0.15) is 31.9 Å². The lowest BCUT2D eigenvalue weighted by Gasteiger charge is -2.20. The van der Waals surface area contributed by atoms with Crippen LogP contribution in [0.4, 0.5) is 0 Å². The number of allylic oxidation sites excluding steroid dienone is 1. The summed E-state index contributed by atoms with van der Waals surface area (Å²) in [6.45, 7) is 8.97. The third-order valence-electron chi connectivity index (χ3n) is 5.24. The first kappa shape index (κ1) is 22.9. The van der Waals surface area contributed by atoms with Gasteiger partial charge in [0.2, 0.25) is 0 Å². The maximum Gasteiger partial charge on any atom is 0.182 e. The number of sulfone groups is 1. The van der Waals surface area contributed by atoms with Crippen molar-refractivity contribution in [3.05, 3.63) is 77.4 Å². The van der Waals surface area contributed by atoms with Gasteiger partial charge in [0.05, 0.1) is 23.9 Å². The van der Waals surface area contributed by atoms with Crippen LogP contribution in [0.15, 0.2) is 71.1 Å². The molecule has 0 aliphatic rings. The van der Waals surface area contributed by atoms with Gasteiger partial charge < -0.3 is 9.47 Å². The van der Waals surface area contributed by atoms with Crippen LogP contribution in [0.2, 0.25) is 0 Å². The molecule has 3 aromatic rings. The van der Waals surface area contributed by atoms with E-state index in [1.54, 1.807) is 24.3 Å². The maximum absolute atomic E-state index is 12.7. The Balaban J connectivity index is 2.00. The van der Waals surface area contributed by atoms with Crippen molar-refractivity contribution in [2.45, 2.75) is 39.0 Å². The van der Waals surface area contributed by atoms with Gasteiger partial charge in [0, 0.05) is 16.3 Å². The number of hydrogen-bond acceptors (Lipinski definition) is 4. The molecular weight excluding hydrogens is 408 g/mol. The number of ether oxygens (including phenoxy) is 2. The molecule has 0 saturated heterocycles. The van der Waals surface area contributed by atoms with Gasteiger partial charge in [-0.3, -0.25) is 0 Å². The first-order chi connectivity index (χ1) is 14.9. The molecule has 0 atom stereocenters. The SMILES string of the molecule is CCOc1c(C)c(CC=C(C)CS(=O)(=O)c2ccccc2)c(OCC)c2ccccc12. The third kappa shape index (κ3) is 5.10. The van der Waals surface area contributed by atoms with E-state index < -0.39 is 9.84 Å². The fourth-order valence-corrected chi connectivity index (χ4v) is 5.24. The molecule has 0 aromatic heterocycles. The zero-order valence-corrected chi connectivity index (χ0v) is 19.5. The summed E-state index contributed by atoms with van der Waals surface area (Å²) in [7, 11) is -3.37. The average molecular weight is 439 g/mol. The zero-order chi connectivity index (χ0) is 22.4. The Morgan fingerprint density at radius 2 is 1.42 bits per heavy atom. The minimum absolute atomic E-state index is 0.00801. The fraction of sp³-hybridized carbons (Fsp3) is 0.308. The van der Waals surface area contributed by atoms with E-state index in [4.69, 9.17) is 9.47 Å². The number of fused-ring (bicyclic) bond motifs is 1. The molecule has 0 N–H and O–H groups in total. The second-order valence-corrected chi connectivity index (χ2v) is 9.49. The summed E-state index contributed by atoms with van der Waals surface area (Å²) in [4.78, 5) is 0.346. The highest BCUT2D eigenvalue weighted by Crippen LogP contribution is 2.41. The number of hydrogen-bond donors (Lipinski definition) is 0. The Bertz CT molecular complexity index is 1180. The van der Waals surface area contributed by atoms with Gasteiger partial charge >= 0.3 is 0 Å². The lowest BCUT2D eigenvalue weighted by Crippen LogP contribution is -2.08. The minimum atomic E-state index is -3.37. The van der Waals surface area contributed by atoms with Crippen molar-refractivity contribution in [3.63, 3.8) is 0 Å². The van der Waals surface area contributed by atoms with E-state index in [2.05, 4.69) is 0 Å². The molecule has 0 fully saturated rings. The van der Waals surface area contributed by atoms with Crippen molar-refractivity contribution in [2.75, 3.05) is 19.0 Å². The molecule has 0 saturated carbocycles. The Kier molecular flexibility index (Phi) is 7.39. The molecule has 164 valence electrons. The van der Waals surface area contributed by atoms with Gasteiger partial charge in [-0.2, -0.15) is 0 Å². The van der Waals surface area contributed by atoms with Crippen molar-refractivity contribution in [1.82, 2.24) is 0 Å². The third-order valence-corrected chi connectivity index (χ3v) is 7.06. The Hall–Kier alpha value is -2.79. The lowest BCUT2D eigenvalue weighted by molar-refractivity contribution is 0.332. The molecule has 0 amide bonds. The van der Waals surface area contributed by atoms with Crippen LogP contribution < -0.4 is 9.47 Å². The fourth-order valence-electron chi connectivity index (χ4n) is 3.78. The molecule has 0 unspecified atom stereocenters. The van der Waals surface area contributed by atoms with Crippen LogP contribution in [-0.4, -0.2) is 27.4 Å². The Morgan fingerprint density at radius 3 is 2.03 bits per heavy atom. The van der Waals surface area contributed by atoms with E-state index in [1.165, 1.54) is 0 Å². The van der Waals surface area contributed by atoms with Gasteiger partial charge in [-0.15, -0.1) is 0 Å². The molecule has 0 bridgehead atoms. The normalized spacial score (nSPS) is 12.2.